The van der Waals surface area contributed by atoms with Gasteiger partial charge in [-0.05, 0) is 31.4 Å². The molecular formula is C16H22ClN5O. The molecule has 1 fully saturated rings. The number of hydrogen-bond acceptors (Lipinski definition) is 4. The van der Waals surface area contributed by atoms with E-state index < -0.39 is 0 Å². The number of rotatable bonds is 5. The lowest BCUT2D eigenvalue weighted by molar-refractivity contribution is -0.125. The second kappa shape index (κ2) is 7.17. The highest BCUT2D eigenvalue weighted by atomic mass is 35.5. The van der Waals surface area contributed by atoms with Crippen LogP contribution in [-0.4, -0.2) is 40.1 Å². The van der Waals surface area contributed by atoms with Gasteiger partial charge < -0.3 is 10.2 Å². The second-order valence-corrected chi connectivity index (χ2v) is 6.39. The average Bonchev–Trinajstić information content (AvgIpc) is 3.00. The van der Waals surface area contributed by atoms with Crippen molar-refractivity contribution in [2.24, 2.45) is 5.92 Å². The number of hydrogen-bond donors (Lipinski definition) is 1. The highest BCUT2D eigenvalue weighted by Gasteiger charge is 2.28. The maximum Gasteiger partial charge on any atom is 0.231 e. The predicted octanol–water partition coefficient (Wildman–Crippen LogP) is 2.52. The molecule has 0 spiro atoms. The van der Waals surface area contributed by atoms with Crippen molar-refractivity contribution in [2.45, 2.75) is 32.6 Å². The van der Waals surface area contributed by atoms with E-state index in [1.165, 1.54) is 0 Å². The van der Waals surface area contributed by atoms with Crippen molar-refractivity contribution in [3.8, 4) is 0 Å². The lowest BCUT2D eigenvalue weighted by atomic mass is 9.97. The second-order valence-electron chi connectivity index (χ2n) is 5.98. The van der Waals surface area contributed by atoms with Crippen molar-refractivity contribution >= 4 is 29.1 Å². The zero-order valence-corrected chi connectivity index (χ0v) is 14.1. The number of amides is 1. The number of carbonyl (C=O) groups excluding carboxylic acids is 1. The third kappa shape index (κ3) is 3.42. The zero-order chi connectivity index (χ0) is 16.2. The quantitative estimate of drug-likeness (QED) is 0.853. The molecule has 6 nitrogen and oxygen atoms in total. The molecule has 0 radical (unpaired) electrons. The summed E-state index contributed by atoms with van der Waals surface area (Å²) in [6.45, 7) is 4.43. The maximum absolute atomic E-state index is 12.3. The number of nitrogens with zero attached hydrogens (tertiary/aromatic N) is 4. The van der Waals surface area contributed by atoms with Crippen molar-refractivity contribution in [3.63, 3.8) is 0 Å². The van der Waals surface area contributed by atoms with E-state index >= 15 is 0 Å². The molecular weight excluding hydrogens is 314 g/mol. The average molecular weight is 336 g/mol. The standard InChI is InChI=1S/C16H22ClN5O/c1-2-3-8-18-15(23)12-6-4-9-21(11-12)16-20-19-14-13(17)7-5-10-22(14)16/h5,7,10,12H,2-4,6,8-9,11H2,1H3,(H,18,23). The van der Waals surface area contributed by atoms with Crippen LogP contribution in [0.5, 0.6) is 0 Å². The lowest BCUT2D eigenvalue weighted by Gasteiger charge is -2.32. The van der Waals surface area contributed by atoms with Gasteiger partial charge in [-0.1, -0.05) is 24.9 Å². The maximum atomic E-state index is 12.3. The first-order valence-electron chi connectivity index (χ1n) is 8.22. The third-order valence-electron chi connectivity index (χ3n) is 4.27. The SMILES string of the molecule is CCCCNC(=O)C1CCCN(c2nnc3c(Cl)cccn23)C1. The van der Waals surface area contributed by atoms with Crippen LogP contribution < -0.4 is 10.2 Å². The molecule has 1 N–H and O–H groups in total. The summed E-state index contributed by atoms with van der Waals surface area (Å²) in [4.78, 5) is 14.4. The molecule has 1 unspecified atom stereocenters. The Morgan fingerprint density at radius 1 is 1.48 bits per heavy atom. The fraction of sp³-hybridized carbons (Fsp3) is 0.562. The molecule has 1 aliphatic rings. The normalized spacial score (nSPS) is 18.3. The summed E-state index contributed by atoms with van der Waals surface area (Å²) < 4.78 is 1.89. The summed E-state index contributed by atoms with van der Waals surface area (Å²) in [6, 6.07) is 3.68. The minimum Gasteiger partial charge on any atom is -0.356 e. The molecule has 7 heteroatoms. The van der Waals surface area contributed by atoms with Gasteiger partial charge in [0, 0.05) is 25.8 Å². The number of fused-ring (bicyclic) bond motifs is 1. The number of piperidine rings is 1. The molecule has 1 atom stereocenters. The molecule has 1 saturated heterocycles. The monoisotopic (exact) mass is 335 g/mol. The van der Waals surface area contributed by atoms with Crippen LogP contribution in [0.4, 0.5) is 5.95 Å². The van der Waals surface area contributed by atoms with Gasteiger partial charge in [0.05, 0.1) is 10.9 Å². The first kappa shape index (κ1) is 16.1. The molecule has 124 valence electrons. The number of nitrogens with one attached hydrogen (secondary N) is 1. The Bertz CT molecular complexity index is 686. The van der Waals surface area contributed by atoms with Crippen molar-refractivity contribution in [3.05, 3.63) is 23.4 Å². The largest absolute Gasteiger partial charge is 0.356 e. The van der Waals surface area contributed by atoms with Gasteiger partial charge in [-0.15, -0.1) is 10.2 Å². The van der Waals surface area contributed by atoms with Crippen LogP contribution in [0, 0.1) is 5.92 Å². The van der Waals surface area contributed by atoms with Crippen LogP contribution in [0.25, 0.3) is 5.65 Å². The molecule has 0 aliphatic carbocycles. The fourth-order valence-corrected chi connectivity index (χ4v) is 3.19. The highest BCUT2D eigenvalue weighted by molar-refractivity contribution is 6.33. The summed E-state index contributed by atoms with van der Waals surface area (Å²) in [7, 11) is 0. The van der Waals surface area contributed by atoms with Gasteiger partial charge >= 0.3 is 0 Å². The molecule has 1 amide bonds. The van der Waals surface area contributed by atoms with Gasteiger partial charge in [0.15, 0.2) is 5.65 Å². The lowest BCUT2D eigenvalue weighted by Crippen LogP contribution is -2.44. The number of carbonyl (C=O) groups is 1. The van der Waals surface area contributed by atoms with Crippen LogP contribution in [0.2, 0.25) is 5.02 Å². The van der Waals surface area contributed by atoms with E-state index in [0.717, 1.165) is 44.7 Å². The Labute approximate surface area is 140 Å². The minimum atomic E-state index is 0.00661. The molecule has 23 heavy (non-hydrogen) atoms. The van der Waals surface area contributed by atoms with E-state index in [2.05, 4.69) is 27.3 Å². The molecule has 0 aromatic carbocycles. The summed E-state index contributed by atoms with van der Waals surface area (Å²) in [6.07, 6.45) is 5.91. The summed E-state index contributed by atoms with van der Waals surface area (Å²) in [5.74, 6) is 0.913. The zero-order valence-electron chi connectivity index (χ0n) is 13.3. The van der Waals surface area contributed by atoms with Gasteiger partial charge in [-0.2, -0.15) is 0 Å². The smallest absolute Gasteiger partial charge is 0.231 e. The Morgan fingerprint density at radius 2 is 2.35 bits per heavy atom. The number of pyridine rings is 1. The van der Waals surface area contributed by atoms with Crippen molar-refractivity contribution in [1.29, 1.82) is 0 Å². The van der Waals surface area contributed by atoms with Gasteiger partial charge in [0.1, 0.15) is 0 Å². The molecule has 3 rings (SSSR count). The molecule has 0 saturated carbocycles. The van der Waals surface area contributed by atoms with Crippen molar-refractivity contribution in [1.82, 2.24) is 19.9 Å². The number of anilines is 1. The van der Waals surface area contributed by atoms with Crippen molar-refractivity contribution in [2.75, 3.05) is 24.5 Å². The first-order chi connectivity index (χ1) is 11.2. The van der Waals surface area contributed by atoms with Crippen LogP contribution in [0.3, 0.4) is 0 Å². The molecule has 2 aromatic heterocycles. The van der Waals surface area contributed by atoms with Crippen LogP contribution in [0.15, 0.2) is 18.3 Å². The first-order valence-corrected chi connectivity index (χ1v) is 8.60. The van der Waals surface area contributed by atoms with E-state index in [-0.39, 0.29) is 11.8 Å². The van der Waals surface area contributed by atoms with Crippen LogP contribution >= 0.6 is 11.6 Å². The summed E-state index contributed by atoms with van der Waals surface area (Å²) in [5.41, 5.74) is 0.652. The summed E-state index contributed by atoms with van der Waals surface area (Å²) >= 11 is 6.15. The number of aromatic nitrogens is 3. The van der Waals surface area contributed by atoms with E-state index in [1.807, 2.05) is 16.7 Å². The van der Waals surface area contributed by atoms with Gasteiger partial charge in [0.25, 0.3) is 0 Å². The van der Waals surface area contributed by atoms with Crippen LogP contribution in [-0.2, 0) is 4.79 Å². The van der Waals surface area contributed by atoms with Crippen LogP contribution in [0.1, 0.15) is 32.6 Å². The fourth-order valence-electron chi connectivity index (χ4n) is 2.99. The Morgan fingerprint density at radius 3 is 3.17 bits per heavy atom. The topological polar surface area (TPSA) is 62.5 Å². The van der Waals surface area contributed by atoms with Gasteiger partial charge in [0.2, 0.25) is 11.9 Å². The Kier molecular flexibility index (Phi) is 5.00. The predicted molar refractivity (Wildman–Crippen MR) is 90.9 cm³/mol. The molecule has 3 heterocycles. The Hall–Kier alpha value is -1.82. The molecule has 0 bridgehead atoms. The van der Waals surface area contributed by atoms with Gasteiger partial charge in [-0.3, -0.25) is 9.20 Å². The van der Waals surface area contributed by atoms with E-state index in [4.69, 9.17) is 11.6 Å². The van der Waals surface area contributed by atoms with Crippen molar-refractivity contribution < 1.29 is 4.79 Å². The Balaban J connectivity index is 1.73. The highest BCUT2D eigenvalue weighted by Crippen LogP contribution is 2.24. The van der Waals surface area contributed by atoms with Gasteiger partial charge in [-0.25, -0.2) is 0 Å². The summed E-state index contributed by atoms with van der Waals surface area (Å²) in [5, 5.41) is 12.1. The minimum absolute atomic E-state index is 0.00661. The van der Waals surface area contributed by atoms with E-state index in [0.29, 0.717) is 17.2 Å². The van der Waals surface area contributed by atoms with E-state index in [9.17, 15) is 4.79 Å². The molecule has 2 aromatic rings. The number of unbranched alkanes of at least 4 members (excludes halogenated alkanes) is 1. The third-order valence-corrected chi connectivity index (χ3v) is 4.57. The molecule has 1 aliphatic heterocycles. The van der Waals surface area contributed by atoms with E-state index in [1.54, 1.807) is 6.07 Å². The number of halogens is 1.